The molecule has 0 spiro atoms. The van der Waals surface area contributed by atoms with E-state index >= 15 is 0 Å². The average Bonchev–Trinajstić information content (AvgIpc) is 3.73. The monoisotopic (exact) mass is 546 g/mol. The van der Waals surface area contributed by atoms with Crippen LogP contribution in [0.15, 0.2) is 30.9 Å². The van der Waals surface area contributed by atoms with E-state index in [2.05, 4.69) is 35.4 Å². The molecule has 3 aliphatic rings. The third-order valence-corrected chi connectivity index (χ3v) is 9.23. The molecule has 12 heteroatoms. The van der Waals surface area contributed by atoms with Gasteiger partial charge >= 0.3 is 0 Å². The zero-order valence-corrected chi connectivity index (χ0v) is 22.5. The molecular formula is C27H30N8O3S. The smallest absolute Gasteiger partial charge is 0.260 e. The van der Waals surface area contributed by atoms with Crippen LogP contribution in [-0.2, 0) is 17.7 Å². The summed E-state index contributed by atoms with van der Waals surface area (Å²) in [4.78, 5) is 34.8. The van der Waals surface area contributed by atoms with Crippen molar-refractivity contribution in [2.75, 3.05) is 31.6 Å². The number of carbonyl (C=O) groups is 2. The summed E-state index contributed by atoms with van der Waals surface area (Å²) in [5, 5.41) is 14.9. The quantitative estimate of drug-likeness (QED) is 0.366. The van der Waals surface area contributed by atoms with Crippen molar-refractivity contribution in [1.82, 2.24) is 34.6 Å². The molecule has 0 radical (unpaired) electrons. The Bertz CT molecular complexity index is 1560. The van der Waals surface area contributed by atoms with Crippen LogP contribution in [0.2, 0.25) is 0 Å². The Balaban J connectivity index is 1.03. The number of fused-ring (bicyclic) bond motifs is 4. The Kier molecular flexibility index (Phi) is 6.17. The van der Waals surface area contributed by atoms with E-state index < -0.39 is 0 Å². The molecule has 2 atom stereocenters. The van der Waals surface area contributed by atoms with Crippen molar-refractivity contribution < 1.29 is 14.3 Å². The minimum Gasteiger partial charge on any atom is -0.378 e. The van der Waals surface area contributed by atoms with E-state index in [4.69, 9.17) is 4.74 Å². The van der Waals surface area contributed by atoms with Crippen molar-refractivity contribution in [3.63, 3.8) is 0 Å². The van der Waals surface area contributed by atoms with Gasteiger partial charge in [-0.3, -0.25) is 24.2 Å². The number of nitrogens with zero attached hydrogens (tertiary/aromatic N) is 6. The summed E-state index contributed by atoms with van der Waals surface area (Å²) >= 11 is 1.53. The van der Waals surface area contributed by atoms with Gasteiger partial charge in [-0.1, -0.05) is 0 Å². The highest BCUT2D eigenvalue weighted by molar-refractivity contribution is 7.21. The number of nitrogens with one attached hydrogen (secondary N) is 2. The molecule has 2 N–H and O–H groups in total. The second-order valence-electron chi connectivity index (χ2n) is 10.5. The average molecular weight is 547 g/mol. The Labute approximate surface area is 229 Å². The van der Waals surface area contributed by atoms with Crippen LogP contribution in [0, 0.1) is 6.92 Å². The van der Waals surface area contributed by atoms with Crippen LogP contribution >= 0.6 is 11.3 Å². The zero-order chi connectivity index (χ0) is 26.5. The molecule has 2 bridgehead atoms. The number of morpholine rings is 1. The molecule has 2 amide bonds. The van der Waals surface area contributed by atoms with Crippen LogP contribution in [0.25, 0.3) is 15.3 Å². The van der Waals surface area contributed by atoms with E-state index in [0.29, 0.717) is 41.1 Å². The number of amides is 2. The molecule has 202 valence electrons. The van der Waals surface area contributed by atoms with E-state index in [-0.39, 0.29) is 11.8 Å². The molecule has 2 saturated heterocycles. The number of thiazole rings is 1. The lowest BCUT2D eigenvalue weighted by Crippen LogP contribution is -2.48. The van der Waals surface area contributed by atoms with Crippen LogP contribution in [-0.4, -0.2) is 79.5 Å². The highest BCUT2D eigenvalue weighted by Crippen LogP contribution is 2.35. The minimum absolute atomic E-state index is 0.205. The summed E-state index contributed by atoms with van der Waals surface area (Å²) in [5.41, 5.74) is 4.37. The van der Waals surface area contributed by atoms with E-state index in [1.807, 2.05) is 19.3 Å². The van der Waals surface area contributed by atoms with Crippen LogP contribution in [0.5, 0.6) is 0 Å². The lowest BCUT2D eigenvalue weighted by atomic mass is 10.2. The number of anilines is 1. The zero-order valence-electron chi connectivity index (χ0n) is 21.7. The van der Waals surface area contributed by atoms with Crippen molar-refractivity contribution in [3.05, 3.63) is 53.4 Å². The Morgan fingerprint density at radius 3 is 2.82 bits per heavy atom. The topological polar surface area (TPSA) is 119 Å². The fourth-order valence-corrected chi connectivity index (χ4v) is 7.08. The van der Waals surface area contributed by atoms with Gasteiger partial charge in [0.25, 0.3) is 11.8 Å². The molecule has 3 aliphatic heterocycles. The maximum Gasteiger partial charge on any atom is 0.260 e. The summed E-state index contributed by atoms with van der Waals surface area (Å²) in [6.07, 6.45) is 11.4. The first-order valence-corrected chi connectivity index (χ1v) is 14.3. The molecule has 39 heavy (non-hydrogen) atoms. The van der Waals surface area contributed by atoms with Crippen molar-refractivity contribution in [2.45, 2.75) is 51.2 Å². The Hall–Kier alpha value is -3.61. The molecular weight excluding hydrogens is 516 g/mol. The summed E-state index contributed by atoms with van der Waals surface area (Å²) in [6.45, 7) is 5.66. The second kappa shape index (κ2) is 9.85. The van der Waals surface area contributed by atoms with Crippen molar-refractivity contribution in [1.29, 1.82) is 0 Å². The maximum absolute atomic E-state index is 13.3. The first-order chi connectivity index (χ1) is 19.0. The van der Waals surface area contributed by atoms with Gasteiger partial charge in [0.1, 0.15) is 4.83 Å². The summed E-state index contributed by atoms with van der Waals surface area (Å²) < 4.78 is 9.44. The van der Waals surface area contributed by atoms with Crippen LogP contribution in [0.1, 0.15) is 51.4 Å². The predicted octanol–water partition coefficient (Wildman–Crippen LogP) is 2.75. The molecule has 7 heterocycles. The summed E-state index contributed by atoms with van der Waals surface area (Å²) in [6, 6.07) is 2.60. The number of pyridine rings is 1. The van der Waals surface area contributed by atoms with Gasteiger partial charge in [0.2, 0.25) is 0 Å². The molecule has 7 rings (SSSR count). The number of rotatable bonds is 7. The van der Waals surface area contributed by atoms with Crippen molar-refractivity contribution >= 4 is 33.7 Å². The van der Waals surface area contributed by atoms with E-state index in [9.17, 15) is 9.59 Å². The molecule has 0 aliphatic carbocycles. The molecule has 2 unspecified atom stereocenters. The summed E-state index contributed by atoms with van der Waals surface area (Å²) in [7, 11) is 0. The number of carbonyl (C=O) groups excluding carboxylic acids is 2. The minimum atomic E-state index is -0.288. The van der Waals surface area contributed by atoms with Gasteiger partial charge in [0.15, 0.2) is 0 Å². The standard InChI is InChI=1S/C27H30N8O3S/c1-16-22(9-17(10-29-16)25(36)28-6-8-33-18-4-5-19(33)15-38-14-18)32-26(37)21-12-31-35-13-24(39-27(21)35)20-11-30-34-7-2-3-23(20)34/h9-13,18-19H,2-8,14-15H2,1H3,(H,28,36)(H,32,37). The number of ether oxygens (including phenoxy) is 1. The Morgan fingerprint density at radius 2 is 1.97 bits per heavy atom. The molecule has 11 nitrogen and oxygen atoms in total. The molecule has 4 aromatic heterocycles. The molecule has 0 aromatic carbocycles. The fourth-order valence-electron chi connectivity index (χ4n) is 5.99. The predicted molar refractivity (Wildman–Crippen MR) is 146 cm³/mol. The second-order valence-corrected chi connectivity index (χ2v) is 11.5. The van der Waals surface area contributed by atoms with Gasteiger partial charge in [0.05, 0.1) is 53.0 Å². The van der Waals surface area contributed by atoms with Crippen LogP contribution < -0.4 is 10.6 Å². The first kappa shape index (κ1) is 24.4. The molecule has 0 saturated carbocycles. The van der Waals surface area contributed by atoms with E-state index in [1.165, 1.54) is 17.0 Å². The maximum atomic E-state index is 13.3. The number of hydrogen-bond donors (Lipinski definition) is 2. The van der Waals surface area contributed by atoms with Gasteiger partial charge in [0, 0.05) is 55.4 Å². The van der Waals surface area contributed by atoms with Crippen LogP contribution in [0.4, 0.5) is 5.69 Å². The molecule has 4 aromatic rings. The van der Waals surface area contributed by atoms with Crippen molar-refractivity contribution in [3.8, 4) is 10.4 Å². The van der Waals surface area contributed by atoms with Gasteiger partial charge in [-0.25, -0.2) is 4.52 Å². The number of hydrogen-bond acceptors (Lipinski definition) is 8. The van der Waals surface area contributed by atoms with Crippen LogP contribution in [0.3, 0.4) is 0 Å². The largest absolute Gasteiger partial charge is 0.378 e. The fraction of sp³-hybridized carbons (Fsp3) is 0.444. The number of aromatic nitrogens is 5. The van der Waals surface area contributed by atoms with Crippen molar-refractivity contribution in [2.24, 2.45) is 0 Å². The van der Waals surface area contributed by atoms with E-state index in [0.717, 1.165) is 67.3 Å². The third-order valence-electron chi connectivity index (χ3n) is 8.08. The van der Waals surface area contributed by atoms with E-state index in [1.54, 1.807) is 23.0 Å². The van der Waals surface area contributed by atoms with Gasteiger partial charge in [-0.05, 0) is 38.7 Å². The Morgan fingerprint density at radius 1 is 1.13 bits per heavy atom. The highest BCUT2D eigenvalue weighted by Gasteiger charge is 2.36. The SMILES string of the molecule is Cc1ncc(C(=O)NCCN2C3CCC2COC3)cc1NC(=O)c1cnn2cc(-c3cnn4c3CCC4)sc12. The summed E-state index contributed by atoms with van der Waals surface area (Å²) in [5.74, 6) is -0.493. The third kappa shape index (κ3) is 4.42. The van der Waals surface area contributed by atoms with Gasteiger partial charge in [-0.15, -0.1) is 11.3 Å². The highest BCUT2D eigenvalue weighted by atomic mass is 32.1. The van der Waals surface area contributed by atoms with Gasteiger partial charge < -0.3 is 15.4 Å². The first-order valence-electron chi connectivity index (χ1n) is 13.5. The lowest BCUT2D eigenvalue weighted by molar-refractivity contribution is -0.0135. The lowest BCUT2D eigenvalue weighted by Gasteiger charge is -2.34. The van der Waals surface area contributed by atoms with Gasteiger partial charge in [-0.2, -0.15) is 10.2 Å². The molecule has 2 fully saturated rings. The normalized spacial score (nSPS) is 20.4. The number of aryl methyl sites for hydroxylation is 2.